The summed E-state index contributed by atoms with van der Waals surface area (Å²) in [7, 11) is 0. The van der Waals surface area contributed by atoms with E-state index in [1.165, 1.54) is 19.3 Å². The van der Waals surface area contributed by atoms with Crippen LogP contribution in [0.2, 0.25) is 5.02 Å². The number of amides is 1. The number of hydrogen-bond acceptors (Lipinski definition) is 2. The van der Waals surface area contributed by atoms with E-state index in [2.05, 4.69) is 4.90 Å². The molecule has 1 aromatic rings. The van der Waals surface area contributed by atoms with Gasteiger partial charge in [0, 0.05) is 35.4 Å². The van der Waals surface area contributed by atoms with Gasteiger partial charge in [0.25, 0.3) is 0 Å². The Morgan fingerprint density at radius 2 is 1.95 bits per heavy atom. The molecular formula is C18H20ClNO2. The zero-order valence-electron chi connectivity index (χ0n) is 12.5. The largest absolute Gasteiger partial charge is 0.351 e. The summed E-state index contributed by atoms with van der Waals surface area (Å²) >= 11 is 6.04. The first kappa shape index (κ1) is 13.4. The van der Waals surface area contributed by atoms with Gasteiger partial charge in [0.15, 0.2) is 5.72 Å². The van der Waals surface area contributed by atoms with Crippen molar-refractivity contribution in [2.45, 2.75) is 43.9 Å². The maximum atomic E-state index is 12.7. The summed E-state index contributed by atoms with van der Waals surface area (Å²) in [5.41, 5.74) is 0.553. The molecule has 0 radical (unpaired) electrons. The molecule has 2 aliphatic heterocycles. The van der Waals surface area contributed by atoms with Crippen LogP contribution >= 0.6 is 11.6 Å². The predicted molar refractivity (Wildman–Crippen MR) is 83.3 cm³/mol. The zero-order valence-corrected chi connectivity index (χ0v) is 13.3. The summed E-state index contributed by atoms with van der Waals surface area (Å²) in [6.07, 6.45) is 5.27. The molecule has 2 bridgehead atoms. The van der Waals surface area contributed by atoms with Gasteiger partial charge in [-0.2, -0.15) is 0 Å². The maximum absolute atomic E-state index is 12.7. The smallest absolute Gasteiger partial charge is 0.225 e. The number of fused-ring (bicyclic) bond motifs is 7. The molecule has 5 atom stereocenters. The number of ether oxygens (including phenoxy) is 1. The number of carbonyl (C=O) groups excluding carboxylic acids is 1. The van der Waals surface area contributed by atoms with Crippen LogP contribution in [0, 0.1) is 17.8 Å². The summed E-state index contributed by atoms with van der Waals surface area (Å²) in [6.45, 7) is 0.804. The lowest BCUT2D eigenvalue weighted by atomic mass is 9.81. The van der Waals surface area contributed by atoms with Crippen LogP contribution < -0.4 is 0 Å². The molecule has 116 valence electrons. The van der Waals surface area contributed by atoms with E-state index < -0.39 is 5.72 Å². The molecule has 2 heterocycles. The van der Waals surface area contributed by atoms with Crippen molar-refractivity contribution in [3.8, 4) is 0 Å². The van der Waals surface area contributed by atoms with Gasteiger partial charge < -0.3 is 9.64 Å². The first-order valence-corrected chi connectivity index (χ1v) is 8.79. The van der Waals surface area contributed by atoms with Gasteiger partial charge in [-0.05, 0) is 43.2 Å². The minimum Gasteiger partial charge on any atom is -0.351 e. The Labute approximate surface area is 135 Å². The summed E-state index contributed by atoms with van der Waals surface area (Å²) < 4.78 is 6.41. The number of benzene rings is 1. The minimum absolute atomic E-state index is 0.275. The molecule has 2 aliphatic carbocycles. The Bertz CT molecular complexity index is 630. The lowest BCUT2D eigenvalue weighted by Crippen LogP contribution is -2.60. The lowest BCUT2D eigenvalue weighted by molar-refractivity contribution is -0.223. The fraction of sp³-hybridized carbons (Fsp3) is 0.611. The van der Waals surface area contributed by atoms with Crippen molar-refractivity contribution >= 4 is 17.5 Å². The molecule has 3 nitrogen and oxygen atoms in total. The van der Waals surface area contributed by atoms with E-state index in [1.54, 1.807) is 0 Å². The van der Waals surface area contributed by atoms with Crippen LogP contribution in [0.3, 0.4) is 0 Å². The average molecular weight is 318 g/mol. The molecule has 22 heavy (non-hydrogen) atoms. The van der Waals surface area contributed by atoms with E-state index in [1.807, 2.05) is 24.3 Å². The number of hydrogen-bond donors (Lipinski definition) is 0. The topological polar surface area (TPSA) is 29.5 Å². The molecular weight excluding hydrogens is 298 g/mol. The Hall–Kier alpha value is -1.06. The molecule has 2 saturated carbocycles. The van der Waals surface area contributed by atoms with Crippen LogP contribution in [-0.4, -0.2) is 23.5 Å². The Balaban J connectivity index is 1.60. The lowest BCUT2D eigenvalue weighted by Gasteiger charge is -2.52. The van der Waals surface area contributed by atoms with Crippen LogP contribution in [0.1, 0.15) is 37.7 Å². The number of rotatable bonds is 1. The van der Waals surface area contributed by atoms with Crippen molar-refractivity contribution in [3.63, 3.8) is 0 Å². The highest BCUT2D eigenvalue weighted by molar-refractivity contribution is 6.30. The predicted octanol–water partition coefficient (Wildman–Crippen LogP) is 3.56. The Kier molecular flexibility index (Phi) is 2.73. The van der Waals surface area contributed by atoms with Gasteiger partial charge in [-0.1, -0.05) is 23.7 Å². The number of halogens is 1. The fourth-order valence-electron chi connectivity index (χ4n) is 5.60. The standard InChI is InChI=1S/C18H20ClNO2/c19-14-5-3-13(4-6-14)18-8-7-16(21)20(18)17-12-2-1-11(9-12)15(17)10-22-18/h3-6,11-12,15,17H,1-2,7-10H2/t11-,12+,15+,17-,18-/m1/s1. The number of nitrogens with zero attached hydrogens (tertiary/aromatic N) is 1. The average Bonchev–Trinajstić information content (AvgIpc) is 3.22. The van der Waals surface area contributed by atoms with Crippen LogP contribution in [-0.2, 0) is 15.3 Å². The maximum Gasteiger partial charge on any atom is 0.225 e. The highest BCUT2D eigenvalue weighted by Gasteiger charge is 2.62. The first-order valence-electron chi connectivity index (χ1n) is 8.41. The highest BCUT2D eigenvalue weighted by atomic mass is 35.5. The third-order valence-electron chi connectivity index (χ3n) is 6.48. The molecule has 4 aliphatic rings. The molecule has 1 aromatic carbocycles. The van der Waals surface area contributed by atoms with Crippen LogP contribution in [0.4, 0.5) is 0 Å². The Morgan fingerprint density at radius 3 is 2.77 bits per heavy atom. The van der Waals surface area contributed by atoms with Gasteiger partial charge in [0.1, 0.15) is 0 Å². The third kappa shape index (κ3) is 1.59. The molecule has 0 unspecified atom stereocenters. The normalized spacial score (nSPS) is 42.6. The van der Waals surface area contributed by atoms with E-state index in [9.17, 15) is 4.79 Å². The molecule has 1 amide bonds. The molecule has 4 fully saturated rings. The quantitative estimate of drug-likeness (QED) is 0.792. The van der Waals surface area contributed by atoms with E-state index in [4.69, 9.17) is 16.3 Å². The fourth-order valence-corrected chi connectivity index (χ4v) is 5.72. The summed E-state index contributed by atoms with van der Waals surface area (Å²) in [4.78, 5) is 14.8. The zero-order chi connectivity index (χ0) is 14.9. The van der Waals surface area contributed by atoms with Crippen LogP contribution in [0.15, 0.2) is 24.3 Å². The molecule has 0 spiro atoms. The van der Waals surface area contributed by atoms with Crippen molar-refractivity contribution < 1.29 is 9.53 Å². The second-order valence-corrected chi connectivity index (χ2v) is 7.79. The second-order valence-electron chi connectivity index (χ2n) is 7.35. The second kappa shape index (κ2) is 4.48. The van der Waals surface area contributed by atoms with E-state index in [0.29, 0.717) is 24.3 Å². The van der Waals surface area contributed by atoms with Crippen molar-refractivity contribution in [2.75, 3.05) is 6.61 Å². The van der Waals surface area contributed by atoms with Crippen molar-refractivity contribution in [1.82, 2.24) is 4.90 Å². The van der Waals surface area contributed by atoms with Gasteiger partial charge in [-0.3, -0.25) is 4.79 Å². The van der Waals surface area contributed by atoms with Crippen LogP contribution in [0.25, 0.3) is 0 Å². The van der Waals surface area contributed by atoms with Gasteiger partial charge in [-0.15, -0.1) is 0 Å². The van der Waals surface area contributed by atoms with Crippen molar-refractivity contribution in [2.24, 2.45) is 17.8 Å². The van der Waals surface area contributed by atoms with E-state index in [0.717, 1.165) is 29.5 Å². The van der Waals surface area contributed by atoms with Crippen LogP contribution in [0.5, 0.6) is 0 Å². The van der Waals surface area contributed by atoms with Gasteiger partial charge in [-0.25, -0.2) is 0 Å². The summed E-state index contributed by atoms with van der Waals surface area (Å²) in [5.74, 6) is 2.29. The highest BCUT2D eigenvalue weighted by Crippen LogP contribution is 2.58. The van der Waals surface area contributed by atoms with Crippen molar-refractivity contribution in [1.29, 1.82) is 0 Å². The van der Waals surface area contributed by atoms with Crippen molar-refractivity contribution in [3.05, 3.63) is 34.9 Å². The van der Waals surface area contributed by atoms with Gasteiger partial charge >= 0.3 is 0 Å². The SMILES string of the molecule is O=C1CC[C@]2(c3ccc(Cl)cc3)OC[C@H]3[C@@H]4CC[C@@H](C4)[C@H]3N12. The summed E-state index contributed by atoms with van der Waals surface area (Å²) in [5, 5.41) is 0.727. The summed E-state index contributed by atoms with van der Waals surface area (Å²) in [6, 6.07) is 8.27. The first-order chi connectivity index (χ1) is 10.7. The molecule has 0 aromatic heterocycles. The van der Waals surface area contributed by atoms with E-state index >= 15 is 0 Å². The van der Waals surface area contributed by atoms with Gasteiger partial charge in [0.05, 0.1) is 6.61 Å². The molecule has 5 rings (SSSR count). The number of carbonyl (C=O) groups is 1. The Morgan fingerprint density at radius 1 is 1.18 bits per heavy atom. The molecule has 4 heteroatoms. The third-order valence-corrected chi connectivity index (χ3v) is 6.74. The molecule has 2 saturated heterocycles. The van der Waals surface area contributed by atoms with Gasteiger partial charge in [0.2, 0.25) is 5.91 Å². The van der Waals surface area contributed by atoms with E-state index in [-0.39, 0.29) is 5.91 Å². The molecule has 0 N–H and O–H groups in total. The minimum atomic E-state index is -0.534. The monoisotopic (exact) mass is 317 g/mol.